The van der Waals surface area contributed by atoms with Gasteiger partial charge in [-0.1, -0.05) is 42.5 Å². The van der Waals surface area contributed by atoms with E-state index < -0.39 is 0 Å². The summed E-state index contributed by atoms with van der Waals surface area (Å²) in [6.45, 7) is 1.60. The molecule has 1 atom stereocenters. The lowest BCUT2D eigenvalue weighted by atomic mass is 10.0. The summed E-state index contributed by atoms with van der Waals surface area (Å²) in [7, 11) is 5.78. The molecule has 0 bridgehead atoms. The van der Waals surface area contributed by atoms with Gasteiger partial charge in [-0.15, -0.1) is 0 Å². The molecule has 21 heavy (non-hydrogen) atoms. The summed E-state index contributed by atoms with van der Waals surface area (Å²) in [5.74, 6) is 0.860. The van der Waals surface area contributed by atoms with Gasteiger partial charge in [-0.3, -0.25) is 0 Å². The lowest BCUT2D eigenvalue weighted by molar-refractivity contribution is 0.0687. The van der Waals surface area contributed by atoms with E-state index in [0.717, 1.165) is 17.9 Å². The molecular weight excluding hydrogens is 262 g/mol. The highest BCUT2D eigenvalue weighted by Gasteiger charge is 2.14. The minimum Gasteiger partial charge on any atom is -0.497 e. The highest BCUT2D eigenvalue weighted by molar-refractivity contribution is 5.34. The Bertz CT molecular complexity index is 523. The van der Waals surface area contributed by atoms with Crippen LogP contribution < -0.4 is 4.74 Å². The molecule has 0 heterocycles. The van der Waals surface area contributed by atoms with Crippen molar-refractivity contribution in [1.82, 2.24) is 4.90 Å². The number of nitrogens with zero attached hydrogens (tertiary/aromatic N) is 1. The van der Waals surface area contributed by atoms with Crippen molar-refractivity contribution in [2.24, 2.45) is 0 Å². The van der Waals surface area contributed by atoms with Crippen molar-refractivity contribution in [1.29, 1.82) is 0 Å². The molecule has 112 valence electrons. The van der Waals surface area contributed by atoms with Gasteiger partial charge in [0.25, 0.3) is 0 Å². The van der Waals surface area contributed by atoms with E-state index in [1.54, 1.807) is 7.11 Å². The van der Waals surface area contributed by atoms with Crippen LogP contribution in [0.4, 0.5) is 0 Å². The van der Waals surface area contributed by atoms with E-state index in [-0.39, 0.29) is 6.10 Å². The largest absolute Gasteiger partial charge is 0.497 e. The molecule has 0 spiro atoms. The maximum Gasteiger partial charge on any atom is 0.118 e. The first-order valence-corrected chi connectivity index (χ1v) is 7.16. The van der Waals surface area contributed by atoms with E-state index in [1.807, 2.05) is 44.4 Å². The van der Waals surface area contributed by atoms with Gasteiger partial charge in [0.15, 0.2) is 0 Å². The van der Waals surface area contributed by atoms with Gasteiger partial charge in [-0.05, 0) is 37.4 Å². The number of methoxy groups -OCH3 is 1. The van der Waals surface area contributed by atoms with E-state index in [2.05, 4.69) is 29.2 Å². The van der Waals surface area contributed by atoms with Gasteiger partial charge in [-0.2, -0.15) is 0 Å². The SMILES string of the molecule is COc1ccc([C@H](OCCN(C)C)c2ccccc2)cc1. The van der Waals surface area contributed by atoms with E-state index in [1.165, 1.54) is 5.56 Å². The van der Waals surface area contributed by atoms with Crippen LogP contribution in [-0.2, 0) is 4.74 Å². The number of rotatable bonds is 7. The van der Waals surface area contributed by atoms with Gasteiger partial charge in [0.1, 0.15) is 11.9 Å². The molecule has 0 saturated carbocycles. The van der Waals surface area contributed by atoms with Gasteiger partial charge in [0.2, 0.25) is 0 Å². The van der Waals surface area contributed by atoms with Crippen molar-refractivity contribution >= 4 is 0 Å². The second-order valence-corrected chi connectivity index (χ2v) is 5.24. The summed E-state index contributed by atoms with van der Waals surface area (Å²) in [6, 6.07) is 18.4. The Kier molecular flexibility index (Phi) is 5.78. The first kappa shape index (κ1) is 15.5. The maximum atomic E-state index is 6.12. The molecule has 3 heteroatoms. The van der Waals surface area contributed by atoms with Crippen LogP contribution in [-0.4, -0.2) is 39.3 Å². The van der Waals surface area contributed by atoms with Crippen molar-refractivity contribution in [3.8, 4) is 5.75 Å². The quantitative estimate of drug-likeness (QED) is 0.778. The summed E-state index contributed by atoms with van der Waals surface area (Å²) < 4.78 is 11.3. The fourth-order valence-corrected chi connectivity index (χ4v) is 2.14. The minimum absolute atomic E-state index is 0.0444. The fraction of sp³-hybridized carbons (Fsp3) is 0.333. The Morgan fingerprint density at radius 1 is 0.905 bits per heavy atom. The minimum atomic E-state index is -0.0444. The molecule has 3 nitrogen and oxygen atoms in total. The van der Waals surface area contributed by atoms with Crippen molar-refractivity contribution in [3.05, 3.63) is 65.7 Å². The van der Waals surface area contributed by atoms with Gasteiger partial charge >= 0.3 is 0 Å². The third-order valence-corrected chi connectivity index (χ3v) is 3.34. The number of benzene rings is 2. The zero-order chi connectivity index (χ0) is 15.1. The average Bonchev–Trinajstić information content (AvgIpc) is 2.52. The van der Waals surface area contributed by atoms with Crippen LogP contribution in [0.15, 0.2) is 54.6 Å². The van der Waals surface area contributed by atoms with Crippen LogP contribution in [0, 0.1) is 0 Å². The molecule has 0 radical (unpaired) electrons. The summed E-state index contributed by atoms with van der Waals surface area (Å²) >= 11 is 0. The van der Waals surface area contributed by atoms with E-state index in [4.69, 9.17) is 9.47 Å². The number of likely N-dealkylation sites (N-methyl/N-ethyl adjacent to an activating group) is 1. The standard InChI is InChI=1S/C18H23NO2/c1-19(2)13-14-21-18(15-7-5-4-6-8-15)16-9-11-17(20-3)12-10-16/h4-12,18H,13-14H2,1-3H3/t18-/m1/s1. The Hall–Kier alpha value is -1.84. The van der Waals surface area contributed by atoms with Crippen LogP contribution in [0.1, 0.15) is 17.2 Å². The molecular formula is C18H23NO2. The fourth-order valence-electron chi connectivity index (χ4n) is 2.14. The molecule has 0 saturated heterocycles. The van der Waals surface area contributed by atoms with Crippen molar-refractivity contribution in [2.75, 3.05) is 34.4 Å². The predicted octanol–water partition coefficient (Wildman–Crippen LogP) is 3.36. The predicted molar refractivity (Wildman–Crippen MR) is 85.8 cm³/mol. The highest BCUT2D eigenvalue weighted by atomic mass is 16.5. The normalized spacial score (nSPS) is 12.4. The number of hydrogen-bond acceptors (Lipinski definition) is 3. The van der Waals surface area contributed by atoms with E-state index in [0.29, 0.717) is 6.61 Å². The molecule has 0 aliphatic rings. The first-order chi connectivity index (χ1) is 10.2. The molecule has 2 aromatic rings. The second-order valence-electron chi connectivity index (χ2n) is 5.24. The average molecular weight is 285 g/mol. The molecule has 2 rings (SSSR count). The maximum absolute atomic E-state index is 6.12. The molecule has 0 aromatic heterocycles. The Balaban J connectivity index is 2.18. The molecule has 0 aliphatic carbocycles. The summed E-state index contributed by atoms with van der Waals surface area (Å²) in [5, 5.41) is 0. The van der Waals surface area contributed by atoms with Gasteiger partial charge in [0.05, 0.1) is 13.7 Å². The summed E-state index contributed by atoms with van der Waals surface area (Å²) in [6.07, 6.45) is -0.0444. The van der Waals surface area contributed by atoms with Crippen molar-refractivity contribution < 1.29 is 9.47 Å². The Labute approximate surface area is 127 Å². The first-order valence-electron chi connectivity index (χ1n) is 7.16. The topological polar surface area (TPSA) is 21.7 Å². The highest BCUT2D eigenvalue weighted by Crippen LogP contribution is 2.27. The smallest absolute Gasteiger partial charge is 0.118 e. The Morgan fingerprint density at radius 3 is 2.10 bits per heavy atom. The number of hydrogen-bond donors (Lipinski definition) is 0. The zero-order valence-electron chi connectivity index (χ0n) is 13.0. The second kappa shape index (κ2) is 7.81. The lowest BCUT2D eigenvalue weighted by Crippen LogP contribution is -2.20. The molecule has 2 aromatic carbocycles. The van der Waals surface area contributed by atoms with Crippen LogP contribution in [0.5, 0.6) is 5.75 Å². The van der Waals surface area contributed by atoms with Crippen LogP contribution in [0.2, 0.25) is 0 Å². The molecule has 0 amide bonds. The van der Waals surface area contributed by atoms with Crippen LogP contribution in [0.25, 0.3) is 0 Å². The van der Waals surface area contributed by atoms with Crippen LogP contribution in [0.3, 0.4) is 0 Å². The van der Waals surface area contributed by atoms with Gasteiger partial charge < -0.3 is 14.4 Å². The van der Waals surface area contributed by atoms with Crippen molar-refractivity contribution in [2.45, 2.75) is 6.10 Å². The summed E-state index contributed by atoms with van der Waals surface area (Å²) in [5.41, 5.74) is 2.31. The van der Waals surface area contributed by atoms with Crippen molar-refractivity contribution in [3.63, 3.8) is 0 Å². The Morgan fingerprint density at radius 2 is 1.52 bits per heavy atom. The number of ether oxygens (including phenoxy) is 2. The summed E-state index contributed by atoms with van der Waals surface area (Å²) in [4.78, 5) is 2.12. The molecule has 0 fully saturated rings. The monoisotopic (exact) mass is 285 g/mol. The zero-order valence-corrected chi connectivity index (χ0v) is 13.0. The third-order valence-electron chi connectivity index (χ3n) is 3.34. The lowest BCUT2D eigenvalue weighted by Gasteiger charge is -2.20. The van der Waals surface area contributed by atoms with Gasteiger partial charge in [0, 0.05) is 6.54 Å². The molecule has 0 unspecified atom stereocenters. The van der Waals surface area contributed by atoms with Crippen LogP contribution >= 0.6 is 0 Å². The van der Waals surface area contributed by atoms with Gasteiger partial charge in [-0.25, -0.2) is 0 Å². The molecule has 0 aliphatic heterocycles. The van der Waals surface area contributed by atoms with E-state index >= 15 is 0 Å². The molecule has 0 N–H and O–H groups in total. The van der Waals surface area contributed by atoms with E-state index in [9.17, 15) is 0 Å². The third kappa shape index (κ3) is 4.59.